The third-order valence-corrected chi connectivity index (χ3v) is 3.64. The fraction of sp³-hybridized carbons (Fsp3) is 0.0526. The number of benzene rings is 3. The third kappa shape index (κ3) is 3.07. The monoisotopic (exact) mass is 303 g/mol. The molecule has 0 aromatic heterocycles. The van der Waals surface area contributed by atoms with E-state index in [1.807, 2.05) is 49.4 Å². The minimum atomic E-state index is -0.296. The zero-order valence-electron chi connectivity index (χ0n) is 12.6. The third-order valence-electron chi connectivity index (χ3n) is 3.64. The lowest BCUT2D eigenvalue weighted by atomic mass is 9.94. The first kappa shape index (κ1) is 14.8. The number of aryl methyl sites for hydroxylation is 1. The molecule has 3 rings (SSSR count). The number of rotatable bonds is 3. The summed E-state index contributed by atoms with van der Waals surface area (Å²) in [7, 11) is 0. The first-order chi connectivity index (χ1) is 11.2. The highest BCUT2D eigenvalue weighted by Crippen LogP contribution is 2.40. The van der Waals surface area contributed by atoms with Gasteiger partial charge in [0.05, 0.1) is 5.69 Å². The molecule has 23 heavy (non-hydrogen) atoms. The quantitative estimate of drug-likeness (QED) is 0.305. The molecular weight excluding hydrogens is 289 g/mol. The van der Waals surface area contributed by atoms with E-state index >= 15 is 0 Å². The van der Waals surface area contributed by atoms with Crippen LogP contribution in [0.3, 0.4) is 0 Å². The van der Waals surface area contributed by atoms with Crippen molar-refractivity contribution in [3.05, 3.63) is 88.6 Å². The summed E-state index contributed by atoms with van der Waals surface area (Å²) in [4.78, 5) is 2.98. The van der Waals surface area contributed by atoms with Gasteiger partial charge in [-0.1, -0.05) is 59.7 Å². The number of nitrogens with zero attached hydrogens (tertiary/aromatic N) is 3. The molecule has 3 aromatic rings. The van der Waals surface area contributed by atoms with Crippen molar-refractivity contribution in [1.82, 2.24) is 0 Å². The van der Waals surface area contributed by atoms with Crippen LogP contribution in [0, 0.1) is 12.7 Å². The van der Waals surface area contributed by atoms with Crippen LogP contribution in [0.4, 0.5) is 10.1 Å². The standard InChI is InChI=1S/C19H14FN3/c1-13-11-17(14-5-3-2-4-6-14)19(22-23-21)18(12-13)15-7-9-16(20)10-8-15/h2-12H,1H3. The molecule has 3 aromatic carbocycles. The molecular formula is C19H14FN3. The van der Waals surface area contributed by atoms with Gasteiger partial charge in [0.15, 0.2) is 0 Å². The average Bonchev–Trinajstić information content (AvgIpc) is 2.58. The van der Waals surface area contributed by atoms with Gasteiger partial charge in [0.2, 0.25) is 0 Å². The molecule has 0 aliphatic carbocycles. The summed E-state index contributed by atoms with van der Waals surface area (Å²) in [5, 5.41) is 3.91. The molecule has 0 heterocycles. The predicted molar refractivity (Wildman–Crippen MR) is 90.8 cm³/mol. The Bertz CT molecular complexity index is 880. The van der Waals surface area contributed by atoms with Gasteiger partial charge < -0.3 is 0 Å². The lowest BCUT2D eigenvalue weighted by molar-refractivity contribution is 0.628. The van der Waals surface area contributed by atoms with Crippen molar-refractivity contribution in [2.24, 2.45) is 5.11 Å². The van der Waals surface area contributed by atoms with Gasteiger partial charge in [0.25, 0.3) is 0 Å². The molecule has 0 radical (unpaired) electrons. The average molecular weight is 303 g/mol. The lowest BCUT2D eigenvalue weighted by Gasteiger charge is -2.13. The minimum absolute atomic E-state index is 0.296. The summed E-state index contributed by atoms with van der Waals surface area (Å²) in [6, 6.07) is 19.9. The summed E-state index contributed by atoms with van der Waals surface area (Å²) < 4.78 is 13.2. The second-order valence-electron chi connectivity index (χ2n) is 5.27. The first-order valence-electron chi connectivity index (χ1n) is 7.20. The SMILES string of the molecule is Cc1cc(-c2ccccc2)c(N=[N+]=[N-])c(-c2ccc(F)cc2)c1. The van der Waals surface area contributed by atoms with E-state index in [9.17, 15) is 4.39 Å². The molecule has 0 saturated carbocycles. The van der Waals surface area contributed by atoms with Crippen molar-refractivity contribution >= 4 is 5.69 Å². The van der Waals surface area contributed by atoms with Gasteiger partial charge in [-0.2, -0.15) is 0 Å². The molecule has 0 amide bonds. The van der Waals surface area contributed by atoms with E-state index in [0.29, 0.717) is 5.69 Å². The smallest absolute Gasteiger partial charge is 0.123 e. The number of halogens is 1. The van der Waals surface area contributed by atoms with Crippen LogP contribution in [0.2, 0.25) is 0 Å². The molecule has 3 nitrogen and oxygen atoms in total. The Balaban J connectivity index is 2.30. The van der Waals surface area contributed by atoms with Crippen LogP contribution in [0.5, 0.6) is 0 Å². The van der Waals surface area contributed by atoms with Crippen molar-refractivity contribution in [1.29, 1.82) is 0 Å². The highest BCUT2D eigenvalue weighted by Gasteiger charge is 2.12. The van der Waals surface area contributed by atoms with E-state index in [0.717, 1.165) is 27.8 Å². The second kappa shape index (κ2) is 6.34. The Hall–Kier alpha value is -3.10. The van der Waals surface area contributed by atoms with E-state index in [2.05, 4.69) is 10.0 Å². The maximum absolute atomic E-state index is 13.2. The van der Waals surface area contributed by atoms with Gasteiger partial charge in [-0.05, 0) is 52.4 Å². The van der Waals surface area contributed by atoms with Crippen molar-refractivity contribution in [2.45, 2.75) is 6.92 Å². The number of hydrogen-bond donors (Lipinski definition) is 0. The Labute approximate surface area is 133 Å². The van der Waals surface area contributed by atoms with E-state index in [1.54, 1.807) is 12.1 Å². The molecule has 4 heteroatoms. The van der Waals surface area contributed by atoms with Gasteiger partial charge in [0, 0.05) is 4.91 Å². The van der Waals surface area contributed by atoms with Crippen LogP contribution in [0.1, 0.15) is 5.56 Å². The van der Waals surface area contributed by atoms with Gasteiger partial charge in [-0.15, -0.1) is 0 Å². The summed E-state index contributed by atoms with van der Waals surface area (Å²) in [6.45, 7) is 1.99. The Morgan fingerprint density at radius 2 is 1.43 bits per heavy atom. The molecule has 0 saturated heterocycles. The maximum atomic E-state index is 13.2. The topological polar surface area (TPSA) is 48.8 Å². The Kier molecular flexibility index (Phi) is 4.09. The largest absolute Gasteiger partial charge is 0.207 e. The molecule has 0 N–H and O–H groups in total. The van der Waals surface area contributed by atoms with Gasteiger partial charge in [0.1, 0.15) is 5.82 Å². The van der Waals surface area contributed by atoms with Crippen LogP contribution in [-0.4, -0.2) is 0 Å². The fourth-order valence-corrected chi connectivity index (χ4v) is 2.62. The van der Waals surface area contributed by atoms with E-state index in [4.69, 9.17) is 5.53 Å². The van der Waals surface area contributed by atoms with Crippen molar-refractivity contribution in [3.63, 3.8) is 0 Å². The molecule has 0 spiro atoms. The normalized spacial score (nSPS) is 10.2. The lowest BCUT2D eigenvalue weighted by Crippen LogP contribution is -1.87. The van der Waals surface area contributed by atoms with Crippen molar-refractivity contribution in [2.75, 3.05) is 0 Å². The highest BCUT2D eigenvalue weighted by atomic mass is 19.1. The minimum Gasteiger partial charge on any atom is -0.207 e. The van der Waals surface area contributed by atoms with Crippen molar-refractivity contribution < 1.29 is 4.39 Å². The Morgan fingerprint density at radius 1 is 0.870 bits per heavy atom. The summed E-state index contributed by atoms with van der Waals surface area (Å²) in [5.41, 5.74) is 14.0. The molecule has 0 aliphatic rings. The maximum Gasteiger partial charge on any atom is 0.123 e. The zero-order valence-corrected chi connectivity index (χ0v) is 12.6. The molecule has 0 aliphatic heterocycles. The Morgan fingerprint density at radius 3 is 2.00 bits per heavy atom. The van der Waals surface area contributed by atoms with E-state index in [-0.39, 0.29) is 5.82 Å². The van der Waals surface area contributed by atoms with Crippen LogP contribution in [-0.2, 0) is 0 Å². The second-order valence-corrected chi connectivity index (χ2v) is 5.27. The van der Waals surface area contributed by atoms with Crippen LogP contribution >= 0.6 is 0 Å². The molecule has 0 bridgehead atoms. The van der Waals surface area contributed by atoms with Gasteiger partial charge >= 0.3 is 0 Å². The predicted octanol–water partition coefficient (Wildman–Crippen LogP) is 6.41. The van der Waals surface area contributed by atoms with E-state index < -0.39 is 0 Å². The molecule has 0 atom stereocenters. The number of hydrogen-bond acceptors (Lipinski definition) is 1. The van der Waals surface area contributed by atoms with Gasteiger partial charge in [-0.3, -0.25) is 0 Å². The number of azide groups is 1. The first-order valence-corrected chi connectivity index (χ1v) is 7.20. The zero-order chi connectivity index (χ0) is 16.2. The van der Waals surface area contributed by atoms with Crippen LogP contribution < -0.4 is 0 Å². The van der Waals surface area contributed by atoms with Crippen molar-refractivity contribution in [3.8, 4) is 22.3 Å². The molecule has 112 valence electrons. The van der Waals surface area contributed by atoms with Crippen LogP contribution in [0.15, 0.2) is 71.8 Å². The molecule has 0 unspecified atom stereocenters. The fourth-order valence-electron chi connectivity index (χ4n) is 2.62. The summed E-state index contributed by atoms with van der Waals surface area (Å²) in [6.07, 6.45) is 0. The van der Waals surface area contributed by atoms with Crippen LogP contribution in [0.25, 0.3) is 32.7 Å². The summed E-state index contributed by atoms with van der Waals surface area (Å²) in [5.74, 6) is -0.296. The summed E-state index contributed by atoms with van der Waals surface area (Å²) >= 11 is 0. The highest BCUT2D eigenvalue weighted by molar-refractivity contribution is 5.89. The van der Waals surface area contributed by atoms with Gasteiger partial charge in [-0.25, -0.2) is 4.39 Å². The van der Waals surface area contributed by atoms with E-state index in [1.165, 1.54) is 12.1 Å². The molecule has 0 fully saturated rings.